The van der Waals surface area contributed by atoms with Crippen LogP contribution in [0.5, 0.6) is 5.75 Å². The van der Waals surface area contributed by atoms with Crippen molar-refractivity contribution in [3.05, 3.63) is 57.5 Å². The molecule has 7 nitrogen and oxygen atoms in total. The SMILES string of the molecule is COc1cc2c(cc1/C(C=N)=C/NCC(F)(F)F)CC(C(C)(C)C)n1cc(C(=O)O)c(=O)cc1-2. The van der Waals surface area contributed by atoms with E-state index in [1.807, 2.05) is 20.8 Å². The van der Waals surface area contributed by atoms with E-state index in [1.165, 1.54) is 19.4 Å². The summed E-state index contributed by atoms with van der Waals surface area (Å²) in [5, 5.41) is 19.3. The van der Waals surface area contributed by atoms with Gasteiger partial charge in [0.1, 0.15) is 17.9 Å². The second kappa shape index (κ2) is 9.00. The number of hydrogen-bond acceptors (Lipinski definition) is 5. The maximum absolute atomic E-state index is 12.6. The Kier molecular flexibility index (Phi) is 6.64. The molecule has 0 saturated carbocycles. The van der Waals surface area contributed by atoms with Gasteiger partial charge in [-0.2, -0.15) is 13.2 Å². The molecule has 1 aliphatic rings. The molecule has 10 heteroatoms. The fourth-order valence-corrected chi connectivity index (χ4v) is 4.11. The molecule has 1 aromatic carbocycles. The van der Waals surface area contributed by atoms with Crippen LogP contribution in [0.4, 0.5) is 13.2 Å². The lowest BCUT2D eigenvalue weighted by Gasteiger charge is -2.39. The molecule has 0 spiro atoms. The number of rotatable bonds is 6. The highest BCUT2D eigenvalue weighted by atomic mass is 19.4. The number of nitrogens with one attached hydrogen (secondary N) is 2. The third kappa shape index (κ3) is 5.00. The zero-order valence-corrected chi connectivity index (χ0v) is 19.2. The van der Waals surface area contributed by atoms with Gasteiger partial charge in [0.05, 0.1) is 12.8 Å². The summed E-state index contributed by atoms with van der Waals surface area (Å²) in [7, 11) is 1.40. The first kappa shape index (κ1) is 25.1. The monoisotopic (exact) mass is 477 g/mol. The molecule has 1 aliphatic heterocycles. The number of carbonyl (C=O) groups is 1. The Morgan fingerprint density at radius 1 is 1.26 bits per heavy atom. The molecular weight excluding hydrogens is 451 g/mol. The van der Waals surface area contributed by atoms with Gasteiger partial charge in [-0.1, -0.05) is 20.8 Å². The van der Waals surface area contributed by atoms with Crippen molar-refractivity contribution in [2.45, 2.75) is 39.4 Å². The van der Waals surface area contributed by atoms with Crippen LogP contribution in [-0.2, 0) is 6.42 Å². The zero-order chi connectivity index (χ0) is 25.4. The van der Waals surface area contributed by atoms with Gasteiger partial charge in [0, 0.05) is 47.4 Å². The van der Waals surface area contributed by atoms with Gasteiger partial charge in [0.15, 0.2) is 5.43 Å². The van der Waals surface area contributed by atoms with Crippen molar-refractivity contribution in [1.29, 1.82) is 5.41 Å². The maximum atomic E-state index is 12.6. The van der Waals surface area contributed by atoms with Gasteiger partial charge < -0.3 is 25.1 Å². The highest BCUT2D eigenvalue weighted by molar-refractivity contribution is 6.09. The molecule has 0 amide bonds. The molecule has 1 unspecified atom stereocenters. The van der Waals surface area contributed by atoms with E-state index in [2.05, 4.69) is 5.32 Å². The van der Waals surface area contributed by atoms with Crippen molar-refractivity contribution in [2.24, 2.45) is 5.41 Å². The zero-order valence-electron chi connectivity index (χ0n) is 19.2. The normalized spacial score (nSPS) is 15.9. The third-order valence-electron chi connectivity index (χ3n) is 5.79. The van der Waals surface area contributed by atoms with Crippen molar-refractivity contribution in [2.75, 3.05) is 13.7 Å². The molecule has 1 atom stereocenters. The standard InChI is InChI=1S/C24H26F3N3O4/c1-23(2,3)21-6-13-5-16(14(9-28)10-29-12-24(25,26)27)20(34-4)7-15(13)18-8-19(31)17(22(32)33)11-30(18)21/h5,7-11,21,28-29H,6,12H2,1-4H3,(H,32,33)/b14-10+,28-9?. The molecule has 0 fully saturated rings. The predicted molar refractivity (Wildman–Crippen MR) is 123 cm³/mol. The van der Waals surface area contributed by atoms with Crippen molar-refractivity contribution in [3.8, 4) is 17.0 Å². The molecule has 3 rings (SSSR count). The van der Waals surface area contributed by atoms with Gasteiger partial charge in [-0.25, -0.2) is 4.79 Å². The largest absolute Gasteiger partial charge is 0.496 e. The van der Waals surface area contributed by atoms with Gasteiger partial charge >= 0.3 is 12.1 Å². The van der Waals surface area contributed by atoms with E-state index in [4.69, 9.17) is 10.1 Å². The first-order chi connectivity index (χ1) is 15.8. The number of carboxylic acid groups (broad SMARTS) is 1. The number of pyridine rings is 1. The number of benzene rings is 1. The summed E-state index contributed by atoms with van der Waals surface area (Å²) >= 11 is 0. The Hall–Kier alpha value is -3.56. The summed E-state index contributed by atoms with van der Waals surface area (Å²) in [6, 6.07) is 4.50. The number of fused-ring (bicyclic) bond motifs is 3. The van der Waals surface area contributed by atoms with E-state index in [0.29, 0.717) is 29.0 Å². The minimum atomic E-state index is -4.41. The van der Waals surface area contributed by atoms with Gasteiger partial charge in [-0.15, -0.1) is 0 Å². The number of aromatic nitrogens is 1. The highest BCUT2D eigenvalue weighted by Crippen LogP contribution is 2.44. The fourth-order valence-electron chi connectivity index (χ4n) is 4.11. The molecule has 2 heterocycles. The van der Waals surface area contributed by atoms with Crippen LogP contribution in [0.1, 0.15) is 48.3 Å². The molecule has 3 N–H and O–H groups in total. The van der Waals surface area contributed by atoms with Gasteiger partial charge in [-0.3, -0.25) is 4.79 Å². The number of aromatic carboxylic acids is 1. The predicted octanol–water partition coefficient (Wildman–Crippen LogP) is 4.51. The summed E-state index contributed by atoms with van der Waals surface area (Å²) in [6.45, 7) is 4.75. The molecule has 182 valence electrons. The van der Waals surface area contributed by atoms with Crippen LogP contribution in [0.25, 0.3) is 16.8 Å². The van der Waals surface area contributed by atoms with Crippen molar-refractivity contribution in [3.63, 3.8) is 0 Å². The van der Waals surface area contributed by atoms with Gasteiger partial charge in [-0.05, 0) is 29.5 Å². The summed E-state index contributed by atoms with van der Waals surface area (Å²) in [4.78, 5) is 24.1. The molecule has 0 bridgehead atoms. The van der Waals surface area contributed by atoms with Crippen LogP contribution in [0.2, 0.25) is 0 Å². The van der Waals surface area contributed by atoms with Gasteiger partial charge in [0.25, 0.3) is 0 Å². The Morgan fingerprint density at radius 2 is 1.94 bits per heavy atom. The lowest BCUT2D eigenvalue weighted by molar-refractivity contribution is -0.122. The fraction of sp³-hybridized carbons (Fsp3) is 0.375. The smallest absolute Gasteiger partial charge is 0.405 e. The van der Waals surface area contributed by atoms with E-state index >= 15 is 0 Å². The number of methoxy groups -OCH3 is 1. The lowest BCUT2D eigenvalue weighted by Crippen LogP contribution is -2.33. The quantitative estimate of drug-likeness (QED) is 0.531. The number of alkyl halides is 3. The lowest BCUT2D eigenvalue weighted by atomic mass is 9.78. The van der Waals surface area contributed by atoms with Crippen LogP contribution in [0.3, 0.4) is 0 Å². The molecule has 2 aromatic rings. The highest BCUT2D eigenvalue weighted by Gasteiger charge is 2.34. The summed E-state index contributed by atoms with van der Waals surface area (Å²) in [6.07, 6.45) is -0.508. The molecule has 0 saturated heterocycles. The number of hydrogen-bond donors (Lipinski definition) is 3. The number of allylic oxidation sites excluding steroid dienone is 1. The summed E-state index contributed by atoms with van der Waals surface area (Å²) in [5.74, 6) is -1.00. The van der Waals surface area contributed by atoms with Crippen LogP contribution in [-0.4, -0.2) is 41.7 Å². The second-order valence-electron chi connectivity index (χ2n) is 9.18. The van der Waals surface area contributed by atoms with Crippen molar-refractivity contribution < 1.29 is 27.8 Å². The van der Waals surface area contributed by atoms with E-state index < -0.39 is 24.1 Å². The molecule has 0 aliphatic carbocycles. The average Bonchev–Trinajstić information content (AvgIpc) is 2.73. The molecule has 1 aromatic heterocycles. The molecular formula is C24H26F3N3O4. The van der Waals surface area contributed by atoms with Crippen LogP contribution < -0.4 is 15.5 Å². The Labute approximate surface area is 194 Å². The Balaban J connectivity index is 2.22. The van der Waals surface area contributed by atoms with E-state index in [-0.39, 0.29) is 22.6 Å². The maximum Gasteiger partial charge on any atom is 0.405 e. The van der Waals surface area contributed by atoms with E-state index in [9.17, 15) is 27.9 Å². The first-order valence-electron chi connectivity index (χ1n) is 10.5. The Bertz CT molecular complexity index is 1220. The molecule has 34 heavy (non-hydrogen) atoms. The number of ether oxygens (including phenoxy) is 1. The van der Waals surface area contributed by atoms with Crippen molar-refractivity contribution >= 4 is 17.8 Å². The van der Waals surface area contributed by atoms with Crippen LogP contribution >= 0.6 is 0 Å². The van der Waals surface area contributed by atoms with Gasteiger partial charge in [0.2, 0.25) is 0 Å². The van der Waals surface area contributed by atoms with Crippen molar-refractivity contribution in [1.82, 2.24) is 9.88 Å². The number of carboxylic acids is 1. The summed E-state index contributed by atoms with van der Waals surface area (Å²) in [5.41, 5.74) is 1.35. The van der Waals surface area contributed by atoms with E-state index in [0.717, 1.165) is 18.0 Å². The topological polar surface area (TPSA) is 104 Å². The second-order valence-corrected chi connectivity index (χ2v) is 9.18. The van der Waals surface area contributed by atoms with Crippen LogP contribution in [0.15, 0.2) is 35.4 Å². The number of halogens is 3. The third-order valence-corrected chi connectivity index (χ3v) is 5.79. The Morgan fingerprint density at radius 3 is 2.47 bits per heavy atom. The number of nitrogens with zero attached hydrogens (tertiary/aromatic N) is 1. The van der Waals surface area contributed by atoms with E-state index in [1.54, 1.807) is 16.7 Å². The van der Waals surface area contributed by atoms with Crippen LogP contribution in [0, 0.1) is 10.8 Å². The minimum Gasteiger partial charge on any atom is -0.496 e. The summed E-state index contributed by atoms with van der Waals surface area (Å²) < 4.78 is 44.9. The minimum absolute atomic E-state index is 0.195. The average molecular weight is 477 g/mol. The first-order valence-corrected chi connectivity index (χ1v) is 10.5. The molecule has 0 radical (unpaired) electrons.